The van der Waals surface area contributed by atoms with Crippen molar-refractivity contribution in [1.29, 1.82) is 0 Å². The second-order valence-corrected chi connectivity index (χ2v) is 10.1. The number of nitrogens with zero attached hydrogens (tertiary/aromatic N) is 1. The highest BCUT2D eigenvalue weighted by Gasteiger charge is 2.31. The second-order valence-electron chi connectivity index (χ2n) is 8.16. The molecular weight excluding hydrogens is 407 g/mol. The lowest BCUT2D eigenvalue weighted by Crippen LogP contribution is -2.42. The maximum Gasteiger partial charge on any atom is 0.267 e. The number of ether oxygens (including phenoxy) is 1. The lowest BCUT2D eigenvalue weighted by Gasteiger charge is -2.30. The molecule has 1 aliphatic heterocycles. The molecule has 2 aromatic carbocycles. The van der Waals surface area contributed by atoms with E-state index in [4.69, 9.17) is 4.74 Å². The fraction of sp³-hybridized carbons (Fsp3) is 0.409. The van der Waals surface area contributed by atoms with Crippen LogP contribution in [-0.4, -0.2) is 37.3 Å². The number of sulfonamides is 1. The van der Waals surface area contributed by atoms with Gasteiger partial charge in [0, 0.05) is 18.8 Å². The average Bonchev–Trinajstić information content (AvgIpc) is 2.70. The monoisotopic (exact) mass is 434 g/mol. The Morgan fingerprint density at radius 1 is 1.13 bits per heavy atom. The van der Waals surface area contributed by atoms with Gasteiger partial charge in [0.15, 0.2) is 5.60 Å². The van der Waals surface area contributed by atoms with Crippen molar-refractivity contribution >= 4 is 21.6 Å². The number of hydrogen-bond donors (Lipinski definition) is 1. The second kappa shape index (κ2) is 8.73. The van der Waals surface area contributed by atoms with Gasteiger partial charge in [-0.05, 0) is 81.1 Å². The lowest BCUT2D eigenvalue weighted by molar-refractivity contribution is -0.128. The van der Waals surface area contributed by atoms with Crippen LogP contribution in [0.4, 0.5) is 10.1 Å². The van der Waals surface area contributed by atoms with Crippen LogP contribution in [-0.2, 0) is 14.8 Å². The normalized spacial score (nSPS) is 18.1. The van der Waals surface area contributed by atoms with E-state index in [2.05, 4.69) is 12.2 Å². The van der Waals surface area contributed by atoms with Gasteiger partial charge in [-0.25, -0.2) is 12.8 Å². The molecule has 3 rings (SSSR count). The molecule has 1 N–H and O–H groups in total. The molecule has 0 aromatic heterocycles. The van der Waals surface area contributed by atoms with Gasteiger partial charge in [0.2, 0.25) is 10.0 Å². The van der Waals surface area contributed by atoms with Gasteiger partial charge in [-0.15, -0.1) is 0 Å². The third-order valence-electron chi connectivity index (χ3n) is 5.10. The van der Waals surface area contributed by atoms with E-state index in [9.17, 15) is 17.6 Å². The Morgan fingerprint density at radius 2 is 1.77 bits per heavy atom. The first kappa shape index (κ1) is 22.2. The predicted molar refractivity (Wildman–Crippen MR) is 113 cm³/mol. The highest BCUT2D eigenvalue weighted by Crippen LogP contribution is 2.25. The molecule has 30 heavy (non-hydrogen) atoms. The number of nitrogens with one attached hydrogen (secondary N) is 1. The Morgan fingerprint density at radius 3 is 2.37 bits per heavy atom. The molecule has 0 saturated carbocycles. The number of carbonyl (C=O) groups excluding carboxylic acids is 1. The number of rotatable bonds is 6. The summed E-state index contributed by atoms with van der Waals surface area (Å²) in [6.07, 6.45) is 1.89. The molecule has 0 aliphatic carbocycles. The van der Waals surface area contributed by atoms with Crippen molar-refractivity contribution in [2.24, 2.45) is 5.92 Å². The first-order valence-corrected chi connectivity index (χ1v) is 11.4. The zero-order chi connectivity index (χ0) is 21.9. The summed E-state index contributed by atoms with van der Waals surface area (Å²) in [5.74, 6) is -0.0878. The van der Waals surface area contributed by atoms with Crippen LogP contribution in [0, 0.1) is 11.7 Å². The van der Waals surface area contributed by atoms with Crippen molar-refractivity contribution in [3.63, 3.8) is 0 Å². The van der Waals surface area contributed by atoms with E-state index < -0.39 is 27.3 Å². The summed E-state index contributed by atoms with van der Waals surface area (Å²) in [5, 5.41) is 2.73. The Hall–Kier alpha value is -2.45. The maximum absolute atomic E-state index is 13.0. The molecule has 1 saturated heterocycles. The molecule has 8 heteroatoms. The number of carbonyl (C=O) groups is 1. The van der Waals surface area contributed by atoms with Gasteiger partial charge < -0.3 is 10.1 Å². The highest BCUT2D eigenvalue weighted by atomic mass is 32.2. The van der Waals surface area contributed by atoms with Crippen LogP contribution in [0.25, 0.3) is 0 Å². The smallest absolute Gasteiger partial charge is 0.267 e. The maximum atomic E-state index is 13.0. The van der Waals surface area contributed by atoms with E-state index in [0.717, 1.165) is 12.8 Å². The molecule has 2 aromatic rings. The number of amides is 1. The number of benzene rings is 2. The van der Waals surface area contributed by atoms with Crippen LogP contribution in [0.3, 0.4) is 0 Å². The summed E-state index contributed by atoms with van der Waals surface area (Å²) in [4.78, 5) is 12.8. The molecule has 0 radical (unpaired) electrons. The van der Waals surface area contributed by atoms with Crippen molar-refractivity contribution in [3.8, 4) is 5.75 Å². The van der Waals surface area contributed by atoms with Crippen molar-refractivity contribution in [2.45, 2.75) is 44.1 Å². The Balaban J connectivity index is 1.67. The molecule has 162 valence electrons. The summed E-state index contributed by atoms with van der Waals surface area (Å²) in [6, 6.07) is 11.5. The third-order valence-corrected chi connectivity index (χ3v) is 6.98. The molecule has 6 nitrogen and oxygen atoms in total. The lowest BCUT2D eigenvalue weighted by atomic mass is 10.0. The zero-order valence-corrected chi connectivity index (χ0v) is 18.2. The SMILES string of the molecule is CC1CCCN(S(=O)(=O)c2ccc(NC(=O)C(C)(C)Oc3ccc(F)cc3)cc2)C1. The molecule has 1 fully saturated rings. The van der Waals surface area contributed by atoms with E-state index in [-0.39, 0.29) is 4.90 Å². The molecule has 1 unspecified atom stereocenters. The summed E-state index contributed by atoms with van der Waals surface area (Å²) in [7, 11) is -3.55. The summed E-state index contributed by atoms with van der Waals surface area (Å²) < 4.78 is 45.9. The Kier molecular flexibility index (Phi) is 6.47. The summed E-state index contributed by atoms with van der Waals surface area (Å²) in [6.45, 7) is 6.30. The van der Waals surface area contributed by atoms with Crippen LogP contribution in [0.2, 0.25) is 0 Å². The quantitative estimate of drug-likeness (QED) is 0.745. The molecule has 0 bridgehead atoms. The van der Waals surface area contributed by atoms with Crippen molar-refractivity contribution in [2.75, 3.05) is 18.4 Å². The molecule has 0 spiro atoms. The van der Waals surface area contributed by atoms with Crippen molar-refractivity contribution in [3.05, 3.63) is 54.3 Å². The molecule has 1 amide bonds. The standard InChI is InChI=1S/C22H27FN2O4S/c1-16-5-4-14-25(15-16)30(27,28)20-12-8-18(9-13-20)24-21(26)22(2,3)29-19-10-6-17(23)7-11-19/h6-13,16H,4-5,14-15H2,1-3H3,(H,24,26). The van der Waals surface area contributed by atoms with E-state index in [0.29, 0.717) is 30.4 Å². The first-order valence-electron chi connectivity index (χ1n) is 9.94. The largest absolute Gasteiger partial charge is 0.478 e. The first-order chi connectivity index (χ1) is 14.1. The van der Waals surface area contributed by atoms with Crippen LogP contribution >= 0.6 is 0 Å². The molecule has 1 atom stereocenters. The minimum atomic E-state index is -3.55. The fourth-order valence-electron chi connectivity index (χ4n) is 3.35. The van der Waals surface area contributed by atoms with Crippen LogP contribution in [0.5, 0.6) is 5.75 Å². The minimum absolute atomic E-state index is 0.205. The predicted octanol–water partition coefficient (Wildman–Crippen LogP) is 4.04. The fourth-order valence-corrected chi connectivity index (χ4v) is 4.95. The summed E-state index contributed by atoms with van der Waals surface area (Å²) in [5.41, 5.74) is -0.756. The van der Waals surface area contributed by atoms with E-state index in [1.807, 2.05) is 0 Å². The van der Waals surface area contributed by atoms with Crippen LogP contribution in [0.1, 0.15) is 33.6 Å². The Bertz CT molecular complexity index is 989. The van der Waals surface area contributed by atoms with Gasteiger partial charge in [-0.2, -0.15) is 4.31 Å². The van der Waals surface area contributed by atoms with Gasteiger partial charge in [0.05, 0.1) is 4.90 Å². The van der Waals surface area contributed by atoms with Crippen LogP contribution < -0.4 is 10.1 Å². The zero-order valence-electron chi connectivity index (χ0n) is 17.4. The summed E-state index contributed by atoms with van der Waals surface area (Å²) >= 11 is 0. The van der Waals surface area contributed by atoms with Gasteiger partial charge in [0.1, 0.15) is 11.6 Å². The minimum Gasteiger partial charge on any atom is -0.478 e. The molecule has 1 aliphatic rings. The van der Waals surface area contributed by atoms with Crippen LogP contribution in [0.15, 0.2) is 53.4 Å². The van der Waals surface area contributed by atoms with E-state index in [1.165, 1.54) is 40.7 Å². The van der Waals surface area contributed by atoms with Crippen molar-refractivity contribution in [1.82, 2.24) is 4.31 Å². The van der Waals surface area contributed by atoms with Gasteiger partial charge in [0.25, 0.3) is 5.91 Å². The molecular formula is C22H27FN2O4S. The highest BCUT2D eigenvalue weighted by molar-refractivity contribution is 7.89. The topological polar surface area (TPSA) is 75.7 Å². The van der Waals surface area contributed by atoms with E-state index in [1.54, 1.807) is 26.0 Å². The number of piperidine rings is 1. The van der Waals surface area contributed by atoms with E-state index >= 15 is 0 Å². The average molecular weight is 435 g/mol. The van der Waals surface area contributed by atoms with Gasteiger partial charge in [-0.3, -0.25) is 4.79 Å². The number of hydrogen-bond acceptors (Lipinski definition) is 4. The van der Waals surface area contributed by atoms with Crippen molar-refractivity contribution < 1.29 is 22.3 Å². The van der Waals surface area contributed by atoms with Gasteiger partial charge >= 0.3 is 0 Å². The number of halogens is 1. The molecule has 1 heterocycles. The number of anilines is 1. The third kappa shape index (κ3) is 5.17. The Labute approximate surface area is 177 Å². The van der Waals surface area contributed by atoms with Gasteiger partial charge in [-0.1, -0.05) is 6.92 Å².